The second-order valence-corrected chi connectivity index (χ2v) is 7.51. The van der Waals surface area contributed by atoms with Gasteiger partial charge in [0.25, 0.3) is 0 Å². The van der Waals surface area contributed by atoms with E-state index >= 15 is 0 Å². The Hall–Kier alpha value is -2.89. The Kier molecular flexibility index (Phi) is 7.22. The third-order valence-corrected chi connectivity index (χ3v) is 5.25. The van der Waals surface area contributed by atoms with Gasteiger partial charge in [-0.2, -0.15) is 0 Å². The molecule has 3 rings (SSSR count). The minimum Gasteiger partial charge on any atom is -0.506 e. The highest BCUT2D eigenvalue weighted by molar-refractivity contribution is 5.80. The first-order valence-electron chi connectivity index (χ1n) is 10.4. The summed E-state index contributed by atoms with van der Waals surface area (Å²) in [6, 6.07) is 16.2. The van der Waals surface area contributed by atoms with E-state index in [9.17, 15) is 5.11 Å². The zero-order valence-electron chi connectivity index (χ0n) is 17.8. The van der Waals surface area contributed by atoms with Gasteiger partial charge < -0.3 is 25.1 Å². The highest BCUT2D eigenvalue weighted by Gasteiger charge is 2.21. The molecule has 2 aromatic rings. The van der Waals surface area contributed by atoms with Crippen molar-refractivity contribution in [1.29, 1.82) is 0 Å². The Morgan fingerprint density at radius 3 is 2.34 bits per heavy atom. The maximum atomic E-state index is 10.1. The van der Waals surface area contributed by atoms with Crippen LogP contribution in [0.3, 0.4) is 0 Å². The van der Waals surface area contributed by atoms with Crippen LogP contribution >= 0.6 is 0 Å². The van der Waals surface area contributed by atoms with E-state index in [0.717, 1.165) is 57.3 Å². The van der Waals surface area contributed by atoms with E-state index in [-0.39, 0.29) is 0 Å². The number of nitrogens with one attached hydrogen (secondary N) is 1. The third kappa shape index (κ3) is 5.56. The minimum absolute atomic E-state index is 0.349. The molecule has 156 valence electrons. The Morgan fingerprint density at radius 2 is 1.72 bits per heavy atom. The summed E-state index contributed by atoms with van der Waals surface area (Å²) in [4.78, 5) is 11.5. The lowest BCUT2D eigenvalue weighted by Crippen LogP contribution is -2.52. The molecule has 0 unspecified atom stereocenters. The zero-order chi connectivity index (χ0) is 20.6. The van der Waals surface area contributed by atoms with E-state index in [1.54, 1.807) is 6.07 Å². The molecule has 0 aliphatic carbocycles. The average molecular weight is 396 g/mol. The van der Waals surface area contributed by atoms with Crippen LogP contribution < -0.4 is 15.1 Å². The van der Waals surface area contributed by atoms with Gasteiger partial charge in [0.05, 0.1) is 5.69 Å². The lowest BCUT2D eigenvalue weighted by atomic mass is 10.1. The number of para-hydroxylation sites is 2. The van der Waals surface area contributed by atoms with Crippen molar-refractivity contribution in [1.82, 2.24) is 10.2 Å². The Morgan fingerprint density at radius 1 is 1.03 bits per heavy atom. The summed E-state index contributed by atoms with van der Waals surface area (Å²) in [7, 11) is 4.11. The summed E-state index contributed by atoms with van der Waals surface area (Å²) in [6.45, 7) is 7.24. The van der Waals surface area contributed by atoms with Gasteiger partial charge in [-0.15, -0.1) is 0 Å². The molecule has 1 heterocycles. The molecule has 0 spiro atoms. The van der Waals surface area contributed by atoms with Crippen LogP contribution in [0.5, 0.6) is 5.75 Å². The van der Waals surface area contributed by atoms with Crippen molar-refractivity contribution >= 4 is 17.3 Å². The highest BCUT2D eigenvalue weighted by atomic mass is 16.3. The second-order valence-electron chi connectivity index (χ2n) is 7.51. The maximum absolute atomic E-state index is 10.1. The molecule has 0 aromatic heterocycles. The quantitative estimate of drug-likeness (QED) is 0.582. The number of anilines is 2. The second kappa shape index (κ2) is 10.0. The van der Waals surface area contributed by atoms with Crippen molar-refractivity contribution in [3.63, 3.8) is 0 Å². The molecule has 2 aromatic carbocycles. The Bertz CT molecular complexity index is 795. The monoisotopic (exact) mass is 395 g/mol. The maximum Gasteiger partial charge on any atom is 0.194 e. The molecule has 0 radical (unpaired) electrons. The Balaban J connectivity index is 1.56. The molecule has 0 amide bonds. The fraction of sp³-hybridized carbons (Fsp3) is 0.435. The number of hydrogen-bond donors (Lipinski definition) is 2. The molecule has 1 fully saturated rings. The van der Waals surface area contributed by atoms with E-state index in [0.29, 0.717) is 5.75 Å². The summed E-state index contributed by atoms with van der Waals surface area (Å²) in [5, 5.41) is 13.5. The van der Waals surface area contributed by atoms with Crippen molar-refractivity contribution in [2.45, 2.75) is 13.3 Å². The number of piperazine rings is 1. The van der Waals surface area contributed by atoms with E-state index in [2.05, 4.69) is 65.3 Å². The van der Waals surface area contributed by atoms with Crippen molar-refractivity contribution in [2.24, 2.45) is 4.99 Å². The number of phenols is 1. The van der Waals surface area contributed by atoms with Gasteiger partial charge in [0, 0.05) is 59.1 Å². The van der Waals surface area contributed by atoms with Crippen molar-refractivity contribution in [2.75, 3.05) is 63.2 Å². The third-order valence-electron chi connectivity index (χ3n) is 5.25. The summed E-state index contributed by atoms with van der Waals surface area (Å²) < 4.78 is 0. The van der Waals surface area contributed by atoms with Gasteiger partial charge in [0.1, 0.15) is 5.75 Å². The van der Waals surface area contributed by atoms with Crippen LogP contribution in [0.15, 0.2) is 53.5 Å². The number of aliphatic imine (C=N–C) groups is 1. The standard InChI is InChI=1S/C23H33N5O/c1-4-24-23(25-14-13-19-9-11-20(12-10-19)26(2)3)28-17-15-27(16-18-28)21-7-5-6-8-22(21)29/h5-12,29H,4,13-18H2,1-3H3,(H,24,25). The van der Waals surface area contributed by atoms with Gasteiger partial charge in [-0.25, -0.2) is 0 Å². The predicted molar refractivity (Wildman–Crippen MR) is 122 cm³/mol. The Labute approximate surface area is 174 Å². The van der Waals surface area contributed by atoms with Gasteiger partial charge in [-0.1, -0.05) is 24.3 Å². The SMILES string of the molecule is CCNC(=NCCc1ccc(N(C)C)cc1)N1CCN(c2ccccc2O)CC1. The number of rotatable bonds is 6. The molecule has 6 heteroatoms. The van der Waals surface area contributed by atoms with E-state index < -0.39 is 0 Å². The summed E-state index contributed by atoms with van der Waals surface area (Å²) in [6.07, 6.45) is 0.931. The predicted octanol–water partition coefficient (Wildman–Crippen LogP) is 2.79. The fourth-order valence-electron chi connectivity index (χ4n) is 3.57. The molecule has 0 atom stereocenters. The van der Waals surface area contributed by atoms with Crippen LogP contribution in [-0.2, 0) is 6.42 Å². The molecule has 1 saturated heterocycles. The molecule has 1 aliphatic heterocycles. The summed E-state index contributed by atoms with van der Waals surface area (Å²) >= 11 is 0. The molecule has 2 N–H and O–H groups in total. The normalized spacial score (nSPS) is 14.8. The number of phenolic OH excluding ortho intramolecular Hbond substituents is 1. The molecule has 29 heavy (non-hydrogen) atoms. The number of benzene rings is 2. The minimum atomic E-state index is 0.349. The van der Waals surface area contributed by atoms with Crippen LogP contribution in [0.1, 0.15) is 12.5 Å². The molecular weight excluding hydrogens is 362 g/mol. The van der Waals surface area contributed by atoms with Crippen molar-refractivity contribution in [3.8, 4) is 5.75 Å². The molecular formula is C23H33N5O. The van der Waals surface area contributed by atoms with Gasteiger partial charge in [0.15, 0.2) is 5.96 Å². The zero-order valence-corrected chi connectivity index (χ0v) is 17.8. The molecule has 6 nitrogen and oxygen atoms in total. The average Bonchev–Trinajstić information content (AvgIpc) is 2.74. The van der Waals surface area contributed by atoms with Gasteiger partial charge >= 0.3 is 0 Å². The van der Waals surface area contributed by atoms with E-state index in [4.69, 9.17) is 4.99 Å². The number of nitrogens with zero attached hydrogens (tertiary/aromatic N) is 4. The van der Waals surface area contributed by atoms with Crippen molar-refractivity contribution in [3.05, 3.63) is 54.1 Å². The lowest BCUT2D eigenvalue weighted by molar-refractivity contribution is 0.370. The van der Waals surface area contributed by atoms with Crippen molar-refractivity contribution < 1.29 is 5.11 Å². The van der Waals surface area contributed by atoms with E-state index in [1.807, 2.05) is 18.2 Å². The number of guanidine groups is 1. The molecule has 0 bridgehead atoms. The van der Waals surface area contributed by atoms with Gasteiger partial charge in [0.2, 0.25) is 0 Å². The first-order chi connectivity index (χ1) is 14.1. The highest BCUT2D eigenvalue weighted by Crippen LogP contribution is 2.27. The fourth-order valence-corrected chi connectivity index (χ4v) is 3.57. The first-order valence-corrected chi connectivity index (χ1v) is 10.4. The largest absolute Gasteiger partial charge is 0.506 e. The van der Waals surface area contributed by atoms with E-state index in [1.165, 1.54) is 11.3 Å². The number of aromatic hydroxyl groups is 1. The van der Waals surface area contributed by atoms with Crippen LogP contribution in [0.2, 0.25) is 0 Å². The van der Waals surface area contributed by atoms with Gasteiger partial charge in [-0.3, -0.25) is 4.99 Å². The van der Waals surface area contributed by atoms with Gasteiger partial charge in [-0.05, 0) is 43.2 Å². The number of hydrogen-bond acceptors (Lipinski definition) is 4. The molecule has 1 aliphatic rings. The van der Waals surface area contributed by atoms with Crippen LogP contribution in [0, 0.1) is 0 Å². The summed E-state index contributed by atoms with van der Waals surface area (Å²) in [5.41, 5.74) is 3.43. The lowest BCUT2D eigenvalue weighted by Gasteiger charge is -2.37. The smallest absolute Gasteiger partial charge is 0.194 e. The molecule has 0 saturated carbocycles. The van der Waals surface area contributed by atoms with Crippen LogP contribution in [-0.4, -0.2) is 69.3 Å². The van der Waals surface area contributed by atoms with Crippen LogP contribution in [0.4, 0.5) is 11.4 Å². The first kappa shape index (κ1) is 20.8. The van der Waals surface area contributed by atoms with Crippen LogP contribution in [0.25, 0.3) is 0 Å². The topological polar surface area (TPSA) is 54.3 Å². The summed E-state index contributed by atoms with van der Waals surface area (Å²) in [5.74, 6) is 1.33.